The predicted octanol–water partition coefficient (Wildman–Crippen LogP) is 1.01. The highest BCUT2D eigenvalue weighted by Gasteiger charge is 2.22. The maximum atomic E-state index is 9.66. The van der Waals surface area contributed by atoms with Gasteiger partial charge < -0.3 is 15.3 Å². The fourth-order valence-electron chi connectivity index (χ4n) is 2.20. The summed E-state index contributed by atoms with van der Waals surface area (Å²) < 4.78 is 0. The Morgan fingerprint density at radius 3 is 2.94 bits per heavy atom. The maximum Gasteiger partial charge on any atom is 0.134 e. The fourth-order valence-corrected chi connectivity index (χ4v) is 2.20. The van der Waals surface area contributed by atoms with Gasteiger partial charge >= 0.3 is 0 Å². The summed E-state index contributed by atoms with van der Waals surface area (Å²) in [6.45, 7) is 1.65. The zero-order chi connectivity index (χ0) is 11.7. The Morgan fingerprint density at radius 1 is 1.29 bits per heavy atom. The van der Waals surface area contributed by atoms with Gasteiger partial charge in [-0.3, -0.25) is 0 Å². The smallest absolute Gasteiger partial charge is 0.134 e. The molecule has 5 heteroatoms. The van der Waals surface area contributed by atoms with Gasteiger partial charge in [0.25, 0.3) is 0 Å². The van der Waals surface area contributed by atoms with Crippen molar-refractivity contribution in [3.05, 3.63) is 12.4 Å². The molecule has 1 aliphatic heterocycles. The van der Waals surface area contributed by atoms with Crippen LogP contribution in [0.25, 0.3) is 0 Å². The van der Waals surface area contributed by atoms with Gasteiger partial charge in [-0.25, -0.2) is 9.97 Å². The lowest BCUT2D eigenvalue weighted by Crippen LogP contribution is -2.38. The van der Waals surface area contributed by atoms with Gasteiger partial charge in [-0.2, -0.15) is 0 Å². The van der Waals surface area contributed by atoms with E-state index in [0.29, 0.717) is 12.6 Å². The molecule has 0 spiro atoms. The number of nitrogens with one attached hydrogen (secondary N) is 1. The maximum absolute atomic E-state index is 9.66. The van der Waals surface area contributed by atoms with Crippen LogP contribution in [0.2, 0.25) is 0 Å². The number of aliphatic hydroxyl groups is 1. The van der Waals surface area contributed by atoms with Crippen molar-refractivity contribution in [2.75, 3.05) is 23.3 Å². The van der Waals surface area contributed by atoms with Crippen molar-refractivity contribution < 1.29 is 5.11 Å². The fraction of sp³-hybridized carbons (Fsp3) is 0.667. The van der Waals surface area contributed by atoms with Crippen LogP contribution in [0.1, 0.15) is 25.7 Å². The van der Waals surface area contributed by atoms with Gasteiger partial charge in [-0.05, 0) is 25.7 Å². The molecule has 2 N–H and O–H groups in total. The molecule has 17 heavy (non-hydrogen) atoms. The second-order valence-electron chi connectivity index (χ2n) is 4.92. The van der Waals surface area contributed by atoms with E-state index in [4.69, 9.17) is 0 Å². The van der Waals surface area contributed by atoms with E-state index < -0.39 is 0 Å². The number of nitrogens with zero attached hydrogens (tertiary/aromatic N) is 3. The van der Waals surface area contributed by atoms with Crippen LogP contribution in [0.5, 0.6) is 0 Å². The lowest BCUT2D eigenvalue weighted by Gasteiger charge is -2.31. The van der Waals surface area contributed by atoms with E-state index in [-0.39, 0.29) is 6.10 Å². The van der Waals surface area contributed by atoms with Crippen LogP contribution in [-0.2, 0) is 0 Å². The molecule has 3 rings (SSSR count). The van der Waals surface area contributed by atoms with Crippen LogP contribution in [-0.4, -0.2) is 40.3 Å². The molecule has 1 saturated carbocycles. The first-order valence-corrected chi connectivity index (χ1v) is 6.33. The molecule has 1 aromatic heterocycles. The minimum atomic E-state index is -0.224. The van der Waals surface area contributed by atoms with Gasteiger partial charge in [0.15, 0.2) is 0 Å². The van der Waals surface area contributed by atoms with Crippen molar-refractivity contribution in [2.24, 2.45) is 0 Å². The first kappa shape index (κ1) is 10.8. The van der Waals surface area contributed by atoms with E-state index in [1.54, 1.807) is 6.33 Å². The Kier molecular flexibility index (Phi) is 2.84. The van der Waals surface area contributed by atoms with Crippen molar-refractivity contribution in [1.29, 1.82) is 0 Å². The second kappa shape index (κ2) is 4.49. The first-order chi connectivity index (χ1) is 8.31. The Labute approximate surface area is 101 Å². The van der Waals surface area contributed by atoms with Crippen molar-refractivity contribution in [3.63, 3.8) is 0 Å². The molecule has 2 aliphatic rings. The van der Waals surface area contributed by atoms with Gasteiger partial charge in [0.1, 0.15) is 18.0 Å². The standard InChI is InChI=1S/C12H18N4O/c17-10-2-1-5-16(7-10)12-6-11(13-8-14-12)15-9-3-4-9/h6,8-10,17H,1-5,7H2,(H,13,14,15)/t10-/m1/s1. The molecule has 0 radical (unpaired) electrons. The van der Waals surface area contributed by atoms with Crippen molar-refractivity contribution in [1.82, 2.24) is 9.97 Å². The second-order valence-corrected chi connectivity index (χ2v) is 4.92. The number of anilines is 2. The van der Waals surface area contributed by atoms with E-state index in [9.17, 15) is 5.11 Å². The number of aromatic nitrogens is 2. The molecule has 0 amide bonds. The van der Waals surface area contributed by atoms with Crippen LogP contribution in [0, 0.1) is 0 Å². The Morgan fingerprint density at radius 2 is 2.18 bits per heavy atom. The highest BCUT2D eigenvalue weighted by atomic mass is 16.3. The third-order valence-corrected chi connectivity index (χ3v) is 3.30. The molecule has 92 valence electrons. The van der Waals surface area contributed by atoms with Crippen LogP contribution in [0.4, 0.5) is 11.6 Å². The number of β-amino-alcohol motifs (C(OH)–C–C–N with tert-alkyl or cyclic N) is 1. The number of rotatable bonds is 3. The van der Waals surface area contributed by atoms with Gasteiger partial charge in [-0.1, -0.05) is 0 Å². The molecule has 0 aromatic carbocycles. The zero-order valence-electron chi connectivity index (χ0n) is 9.84. The summed E-state index contributed by atoms with van der Waals surface area (Å²) in [6.07, 6.45) is 5.77. The SMILES string of the molecule is O[C@@H]1CCCN(c2cc(NC3CC3)ncn2)C1. The molecule has 1 saturated heterocycles. The summed E-state index contributed by atoms with van der Waals surface area (Å²) in [6, 6.07) is 2.58. The summed E-state index contributed by atoms with van der Waals surface area (Å²) in [5.41, 5.74) is 0. The van der Waals surface area contributed by atoms with Gasteiger partial charge in [0.05, 0.1) is 6.10 Å². The minimum absolute atomic E-state index is 0.224. The number of hydrogen-bond acceptors (Lipinski definition) is 5. The summed E-state index contributed by atoms with van der Waals surface area (Å²) in [7, 11) is 0. The van der Waals surface area contributed by atoms with E-state index in [2.05, 4.69) is 20.2 Å². The predicted molar refractivity (Wildman–Crippen MR) is 66.1 cm³/mol. The van der Waals surface area contributed by atoms with Gasteiger partial charge in [0, 0.05) is 25.2 Å². The van der Waals surface area contributed by atoms with Crippen molar-refractivity contribution >= 4 is 11.6 Å². The number of aliphatic hydroxyl groups excluding tert-OH is 1. The largest absolute Gasteiger partial charge is 0.391 e. The van der Waals surface area contributed by atoms with Crippen LogP contribution >= 0.6 is 0 Å². The average Bonchev–Trinajstić information content (AvgIpc) is 3.13. The van der Waals surface area contributed by atoms with E-state index in [1.807, 2.05) is 6.07 Å². The Hall–Kier alpha value is -1.36. The zero-order valence-corrected chi connectivity index (χ0v) is 9.84. The molecular weight excluding hydrogens is 216 g/mol. The van der Waals surface area contributed by atoms with Gasteiger partial charge in [-0.15, -0.1) is 0 Å². The molecule has 5 nitrogen and oxygen atoms in total. The van der Waals surface area contributed by atoms with E-state index in [1.165, 1.54) is 12.8 Å². The highest BCUT2D eigenvalue weighted by molar-refractivity contribution is 5.49. The molecule has 1 atom stereocenters. The lowest BCUT2D eigenvalue weighted by molar-refractivity contribution is 0.154. The summed E-state index contributed by atoms with van der Waals surface area (Å²) >= 11 is 0. The lowest BCUT2D eigenvalue weighted by atomic mass is 10.1. The number of piperidine rings is 1. The number of hydrogen-bond donors (Lipinski definition) is 2. The minimum Gasteiger partial charge on any atom is -0.391 e. The molecule has 1 aliphatic carbocycles. The molecule has 0 unspecified atom stereocenters. The molecule has 2 heterocycles. The Balaban J connectivity index is 1.72. The van der Waals surface area contributed by atoms with E-state index in [0.717, 1.165) is 31.0 Å². The van der Waals surface area contributed by atoms with E-state index >= 15 is 0 Å². The topological polar surface area (TPSA) is 61.3 Å². The first-order valence-electron chi connectivity index (χ1n) is 6.33. The molecular formula is C12H18N4O. The third-order valence-electron chi connectivity index (χ3n) is 3.30. The van der Waals surface area contributed by atoms with Gasteiger partial charge in [0.2, 0.25) is 0 Å². The third kappa shape index (κ3) is 2.66. The summed E-state index contributed by atoms with van der Waals surface area (Å²) in [4.78, 5) is 10.6. The molecule has 1 aromatic rings. The van der Waals surface area contributed by atoms with Crippen molar-refractivity contribution in [3.8, 4) is 0 Å². The van der Waals surface area contributed by atoms with Crippen LogP contribution in [0.15, 0.2) is 12.4 Å². The monoisotopic (exact) mass is 234 g/mol. The average molecular weight is 234 g/mol. The quantitative estimate of drug-likeness (QED) is 0.817. The molecule has 0 bridgehead atoms. The normalized spacial score (nSPS) is 24.8. The summed E-state index contributed by atoms with van der Waals surface area (Å²) in [5.74, 6) is 1.82. The van der Waals surface area contributed by atoms with Crippen LogP contribution < -0.4 is 10.2 Å². The van der Waals surface area contributed by atoms with Crippen LogP contribution in [0.3, 0.4) is 0 Å². The van der Waals surface area contributed by atoms with Crippen molar-refractivity contribution in [2.45, 2.75) is 37.8 Å². The highest BCUT2D eigenvalue weighted by Crippen LogP contribution is 2.25. The molecule has 2 fully saturated rings. The Bertz CT molecular complexity index is 394. The summed E-state index contributed by atoms with van der Waals surface area (Å²) in [5, 5.41) is 13.0.